The van der Waals surface area contributed by atoms with Crippen LogP contribution in [0.4, 0.5) is 11.4 Å². The maximum Gasteiger partial charge on any atom is 0.138 e. The number of anilines is 2. The minimum atomic E-state index is 0.861. The Morgan fingerprint density at radius 3 is 2.94 bits per heavy atom. The first-order chi connectivity index (χ1) is 8.75. The molecule has 2 heterocycles. The van der Waals surface area contributed by atoms with Crippen molar-refractivity contribution in [3.8, 4) is 0 Å². The fourth-order valence-corrected chi connectivity index (χ4v) is 2.43. The van der Waals surface area contributed by atoms with Crippen LogP contribution in [0.1, 0.15) is 17.0 Å². The van der Waals surface area contributed by atoms with Crippen molar-refractivity contribution in [1.82, 2.24) is 5.16 Å². The molecule has 1 N–H and O–H groups in total. The molecule has 3 rings (SSSR count). The SMILES string of the molecule is Cc1noc(C)c1CN1CCNc2ccccc21. The molecule has 0 fully saturated rings. The Labute approximate surface area is 107 Å². The Morgan fingerprint density at radius 2 is 2.17 bits per heavy atom. The smallest absolute Gasteiger partial charge is 0.138 e. The maximum atomic E-state index is 5.23. The van der Waals surface area contributed by atoms with E-state index in [2.05, 4.69) is 39.6 Å². The highest BCUT2D eigenvalue weighted by atomic mass is 16.5. The van der Waals surface area contributed by atoms with Gasteiger partial charge in [-0.15, -0.1) is 0 Å². The second kappa shape index (κ2) is 4.37. The molecule has 94 valence electrons. The molecular formula is C14H17N3O. The van der Waals surface area contributed by atoms with Crippen LogP contribution in [0.15, 0.2) is 28.8 Å². The van der Waals surface area contributed by atoms with E-state index in [-0.39, 0.29) is 0 Å². The molecule has 1 aromatic heterocycles. The molecule has 0 spiro atoms. The first-order valence-corrected chi connectivity index (χ1v) is 6.25. The highest BCUT2D eigenvalue weighted by Crippen LogP contribution is 2.30. The molecule has 0 aliphatic carbocycles. The Balaban J connectivity index is 1.91. The van der Waals surface area contributed by atoms with Crippen LogP contribution >= 0.6 is 0 Å². The standard InChI is InChI=1S/C14H17N3O/c1-10-12(11(2)18-16-10)9-17-8-7-15-13-5-3-4-6-14(13)17/h3-6,15H,7-9H2,1-2H3. The number of aromatic nitrogens is 1. The number of benzene rings is 1. The van der Waals surface area contributed by atoms with Crippen molar-refractivity contribution < 1.29 is 4.52 Å². The zero-order valence-electron chi connectivity index (χ0n) is 10.7. The van der Waals surface area contributed by atoms with Crippen LogP contribution in [0.2, 0.25) is 0 Å². The van der Waals surface area contributed by atoms with Gasteiger partial charge in [-0.3, -0.25) is 0 Å². The summed E-state index contributed by atoms with van der Waals surface area (Å²) in [6.07, 6.45) is 0. The first-order valence-electron chi connectivity index (χ1n) is 6.25. The molecule has 1 aliphatic heterocycles. The fraction of sp³-hybridized carbons (Fsp3) is 0.357. The van der Waals surface area contributed by atoms with Gasteiger partial charge in [0, 0.05) is 25.2 Å². The number of nitrogens with zero attached hydrogens (tertiary/aromatic N) is 2. The van der Waals surface area contributed by atoms with Crippen molar-refractivity contribution in [2.24, 2.45) is 0 Å². The van der Waals surface area contributed by atoms with Crippen LogP contribution in [0.25, 0.3) is 0 Å². The van der Waals surface area contributed by atoms with E-state index >= 15 is 0 Å². The van der Waals surface area contributed by atoms with Gasteiger partial charge in [0.1, 0.15) is 5.76 Å². The Morgan fingerprint density at radius 1 is 1.33 bits per heavy atom. The third-order valence-electron chi connectivity index (χ3n) is 3.47. The highest BCUT2D eigenvalue weighted by molar-refractivity contribution is 5.72. The third-order valence-corrected chi connectivity index (χ3v) is 3.47. The molecule has 0 unspecified atom stereocenters. The van der Waals surface area contributed by atoms with E-state index < -0.39 is 0 Å². The summed E-state index contributed by atoms with van der Waals surface area (Å²) in [5.41, 5.74) is 4.65. The first kappa shape index (κ1) is 11.1. The van der Waals surface area contributed by atoms with E-state index in [0.717, 1.165) is 31.1 Å². The number of para-hydroxylation sites is 2. The van der Waals surface area contributed by atoms with E-state index in [4.69, 9.17) is 4.52 Å². The van der Waals surface area contributed by atoms with Gasteiger partial charge < -0.3 is 14.7 Å². The van der Waals surface area contributed by atoms with Crippen molar-refractivity contribution >= 4 is 11.4 Å². The second-order valence-corrected chi connectivity index (χ2v) is 4.67. The van der Waals surface area contributed by atoms with Crippen molar-refractivity contribution in [3.63, 3.8) is 0 Å². The largest absolute Gasteiger partial charge is 0.382 e. The molecule has 1 aliphatic rings. The average molecular weight is 243 g/mol. The van der Waals surface area contributed by atoms with Crippen molar-refractivity contribution in [1.29, 1.82) is 0 Å². The quantitative estimate of drug-likeness (QED) is 0.880. The summed E-state index contributed by atoms with van der Waals surface area (Å²) in [6.45, 7) is 6.81. The molecule has 4 nitrogen and oxygen atoms in total. The number of hydrogen-bond acceptors (Lipinski definition) is 4. The molecule has 0 atom stereocenters. The zero-order valence-corrected chi connectivity index (χ0v) is 10.7. The lowest BCUT2D eigenvalue weighted by molar-refractivity contribution is 0.392. The second-order valence-electron chi connectivity index (χ2n) is 4.67. The lowest BCUT2D eigenvalue weighted by Gasteiger charge is -2.31. The number of fused-ring (bicyclic) bond motifs is 1. The van der Waals surface area contributed by atoms with Gasteiger partial charge in [0.05, 0.1) is 17.1 Å². The van der Waals surface area contributed by atoms with Crippen molar-refractivity contribution in [2.75, 3.05) is 23.3 Å². The lowest BCUT2D eigenvalue weighted by atomic mass is 10.1. The van der Waals surface area contributed by atoms with Gasteiger partial charge in [-0.05, 0) is 26.0 Å². The van der Waals surface area contributed by atoms with E-state index in [9.17, 15) is 0 Å². The van der Waals surface area contributed by atoms with Gasteiger partial charge in [-0.1, -0.05) is 17.3 Å². The summed E-state index contributed by atoms with van der Waals surface area (Å²) in [5.74, 6) is 0.920. The van der Waals surface area contributed by atoms with Crippen LogP contribution in [0.3, 0.4) is 0 Å². The van der Waals surface area contributed by atoms with E-state index in [1.165, 1.54) is 16.9 Å². The number of rotatable bonds is 2. The molecule has 0 radical (unpaired) electrons. The number of aryl methyl sites for hydroxylation is 2. The predicted octanol–water partition coefficient (Wildman–Crippen LogP) is 2.72. The topological polar surface area (TPSA) is 41.3 Å². The zero-order chi connectivity index (χ0) is 12.5. The Bertz CT molecular complexity index is 542. The third kappa shape index (κ3) is 1.83. The highest BCUT2D eigenvalue weighted by Gasteiger charge is 2.19. The minimum absolute atomic E-state index is 0.861. The van der Waals surface area contributed by atoms with E-state index in [1.54, 1.807) is 0 Å². The minimum Gasteiger partial charge on any atom is -0.382 e. The van der Waals surface area contributed by atoms with Gasteiger partial charge in [0.2, 0.25) is 0 Å². The molecule has 1 aromatic carbocycles. The van der Waals surface area contributed by atoms with E-state index in [1.807, 2.05) is 13.8 Å². The summed E-state index contributed by atoms with van der Waals surface area (Å²) in [7, 11) is 0. The molecule has 0 bridgehead atoms. The fourth-order valence-electron chi connectivity index (χ4n) is 2.43. The van der Waals surface area contributed by atoms with Crippen molar-refractivity contribution in [3.05, 3.63) is 41.3 Å². The normalized spacial score (nSPS) is 14.2. The summed E-state index contributed by atoms with van der Waals surface area (Å²) < 4.78 is 5.23. The average Bonchev–Trinajstić information content (AvgIpc) is 2.71. The number of nitrogens with one attached hydrogen (secondary N) is 1. The predicted molar refractivity (Wildman–Crippen MR) is 72.0 cm³/mol. The molecular weight excluding hydrogens is 226 g/mol. The molecule has 0 amide bonds. The molecule has 0 saturated heterocycles. The molecule has 2 aromatic rings. The summed E-state index contributed by atoms with van der Waals surface area (Å²) >= 11 is 0. The van der Waals surface area contributed by atoms with Gasteiger partial charge in [0.15, 0.2) is 0 Å². The van der Waals surface area contributed by atoms with Crippen LogP contribution in [0.5, 0.6) is 0 Å². The summed E-state index contributed by atoms with van der Waals surface area (Å²) in [6, 6.07) is 8.41. The monoisotopic (exact) mass is 243 g/mol. The van der Waals surface area contributed by atoms with Crippen molar-refractivity contribution in [2.45, 2.75) is 20.4 Å². The number of hydrogen-bond donors (Lipinski definition) is 1. The van der Waals surface area contributed by atoms with Crippen LogP contribution in [-0.2, 0) is 6.54 Å². The van der Waals surface area contributed by atoms with Crippen LogP contribution < -0.4 is 10.2 Å². The lowest BCUT2D eigenvalue weighted by Crippen LogP contribution is -2.33. The maximum absolute atomic E-state index is 5.23. The van der Waals surface area contributed by atoms with Gasteiger partial charge in [0.25, 0.3) is 0 Å². The molecule has 4 heteroatoms. The summed E-state index contributed by atoms with van der Waals surface area (Å²) in [5, 5.41) is 7.44. The van der Waals surface area contributed by atoms with Crippen LogP contribution in [-0.4, -0.2) is 18.2 Å². The van der Waals surface area contributed by atoms with Crippen LogP contribution in [0, 0.1) is 13.8 Å². The molecule has 18 heavy (non-hydrogen) atoms. The molecule has 0 saturated carbocycles. The van der Waals surface area contributed by atoms with Gasteiger partial charge >= 0.3 is 0 Å². The van der Waals surface area contributed by atoms with Gasteiger partial charge in [-0.2, -0.15) is 0 Å². The Hall–Kier alpha value is -1.97. The van der Waals surface area contributed by atoms with Gasteiger partial charge in [-0.25, -0.2) is 0 Å². The summed E-state index contributed by atoms with van der Waals surface area (Å²) in [4.78, 5) is 2.37. The van der Waals surface area contributed by atoms with E-state index in [0.29, 0.717) is 0 Å². The Kier molecular flexibility index (Phi) is 2.70.